The van der Waals surface area contributed by atoms with Crippen molar-refractivity contribution in [2.75, 3.05) is 21.3 Å². The molecule has 2 aromatic rings. The molecule has 0 saturated heterocycles. The van der Waals surface area contributed by atoms with Crippen LogP contribution in [-0.4, -0.2) is 37.0 Å². The topological polar surface area (TPSA) is 81.9 Å². The molecule has 0 atom stereocenters. The Hall–Kier alpha value is -2.80. The molecule has 0 unspecified atom stereocenters. The van der Waals surface area contributed by atoms with Crippen LogP contribution in [0.1, 0.15) is 15.9 Å². The first-order valence-electron chi connectivity index (χ1n) is 7.27. The van der Waals surface area contributed by atoms with Gasteiger partial charge in [0.25, 0.3) is 11.6 Å². The number of hydrogen-bond donors (Lipinski definition) is 0. The van der Waals surface area contributed by atoms with Crippen LogP contribution >= 0.6 is 11.6 Å². The van der Waals surface area contributed by atoms with E-state index in [1.165, 1.54) is 30.2 Å². The van der Waals surface area contributed by atoms with Crippen LogP contribution in [0.2, 0.25) is 5.02 Å². The van der Waals surface area contributed by atoms with Crippen molar-refractivity contribution in [1.82, 2.24) is 4.90 Å². The van der Waals surface area contributed by atoms with Crippen LogP contribution < -0.4 is 9.47 Å². The third kappa shape index (κ3) is 4.19. The number of hydrogen-bond acceptors (Lipinski definition) is 5. The smallest absolute Gasteiger partial charge is 0.270 e. The normalized spacial score (nSPS) is 10.2. The number of carbonyl (C=O) groups excluding carboxylic acids is 1. The van der Waals surface area contributed by atoms with Crippen LogP contribution in [0.4, 0.5) is 5.69 Å². The van der Waals surface area contributed by atoms with Gasteiger partial charge in [0.1, 0.15) is 0 Å². The molecule has 0 spiro atoms. The monoisotopic (exact) mass is 364 g/mol. The lowest BCUT2D eigenvalue weighted by Crippen LogP contribution is -2.26. The van der Waals surface area contributed by atoms with Gasteiger partial charge in [-0.1, -0.05) is 17.7 Å². The molecule has 0 bridgehead atoms. The summed E-state index contributed by atoms with van der Waals surface area (Å²) in [4.78, 5) is 24.2. The molecule has 0 fully saturated rings. The molecule has 0 heterocycles. The minimum Gasteiger partial charge on any atom is -0.493 e. The zero-order chi connectivity index (χ0) is 18.6. The summed E-state index contributed by atoms with van der Waals surface area (Å²) in [6, 6.07) is 9.13. The van der Waals surface area contributed by atoms with Crippen LogP contribution in [0.25, 0.3) is 0 Å². The molecular weight excluding hydrogens is 348 g/mol. The maximum absolute atomic E-state index is 12.5. The van der Waals surface area contributed by atoms with Crippen molar-refractivity contribution in [3.05, 3.63) is 62.7 Å². The first-order valence-corrected chi connectivity index (χ1v) is 7.65. The summed E-state index contributed by atoms with van der Waals surface area (Å²) < 4.78 is 10.4. The van der Waals surface area contributed by atoms with E-state index in [1.807, 2.05) is 6.07 Å². The molecule has 0 saturated carbocycles. The van der Waals surface area contributed by atoms with E-state index >= 15 is 0 Å². The molecule has 7 nitrogen and oxygen atoms in total. The van der Waals surface area contributed by atoms with Crippen LogP contribution in [0.3, 0.4) is 0 Å². The molecule has 2 aromatic carbocycles. The molecule has 8 heteroatoms. The van der Waals surface area contributed by atoms with Crippen molar-refractivity contribution in [1.29, 1.82) is 0 Å². The summed E-state index contributed by atoms with van der Waals surface area (Å²) in [6.45, 7) is 0.312. The van der Waals surface area contributed by atoms with E-state index in [-0.39, 0.29) is 22.2 Å². The van der Waals surface area contributed by atoms with E-state index < -0.39 is 4.92 Å². The van der Waals surface area contributed by atoms with E-state index in [0.717, 1.165) is 5.56 Å². The number of benzene rings is 2. The van der Waals surface area contributed by atoms with Gasteiger partial charge in [-0.15, -0.1) is 0 Å². The minimum atomic E-state index is -0.562. The van der Waals surface area contributed by atoms with E-state index in [0.29, 0.717) is 18.0 Å². The van der Waals surface area contributed by atoms with Gasteiger partial charge in [0.15, 0.2) is 11.5 Å². The highest BCUT2D eigenvalue weighted by molar-refractivity contribution is 6.34. The number of nitrogens with zero attached hydrogens (tertiary/aromatic N) is 2. The lowest BCUT2D eigenvalue weighted by molar-refractivity contribution is -0.384. The van der Waals surface area contributed by atoms with Crippen LogP contribution in [0.15, 0.2) is 36.4 Å². The van der Waals surface area contributed by atoms with Gasteiger partial charge < -0.3 is 14.4 Å². The molecule has 0 aliphatic carbocycles. The highest BCUT2D eigenvalue weighted by atomic mass is 35.5. The Morgan fingerprint density at radius 3 is 2.40 bits per heavy atom. The first-order chi connectivity index (χ1) is 11.9. The number of non-ortho nitro benzene ring substituents is 1. The third-order valence-corrected chi connectivity index (χ3v) is 3.92. The first kappa shape index (κ1) is 18.5. The van der Waals surface area contributed by atoms with Gasteiger partial charge >= 0.3 is 0 Å². The Balaban J connectivity index is 2.19. The zero-order valence-electron chi connectivity index (χ0n) is 14.0. The van der Waals surface area contributed by atoms with E-state index in [2.05, 4.69) is 0 Å². The van der Waals surface area contributed by atoms with Crippen molar-refractivity contribution >= 4 is 23.2 Å². The fraction of sp³-hybridized carbons (Fsp3) is 0.235. The lowest BCUT2D eigenvalue weighted by Gasteiger charge is -2.19. The minimum absolute atomic E-state index is 0.0401. The van der Waals surface area contributed by atoms with Gasteiger partial charge in [-0.05, 0) is 23.8 Å². The number of rotatable bonds is 6. The summed E-state index contributed by atoms with van der Waals surface area (Å²) in [5.74, 6) is 0.822. The second-order valence-corrected chi connectivity index (χ2v) is 5.68. The quantitative estimate of drug-likeness (QED) is 0.578. The highest BCUT2D eigenvalue weighted by Crippen LogP contribution is 2.28. The second-order valence-electron chi connectivity index (χ2n) is 5.27. The van der Waals surface area contributed by atoms with E-state index in [4.69, 9.17) is 21.1 Å². The summed E-state index contributed by atoms with van der Waals surface area (Å²) >= 11 is 6.01. The number of amides is 1. The molecule has 132 valence electrons. The molecule has 1 amide bonds. The fourth-order valence-electron chi connectivity index (χ4n) is 2.32. The number of ether oxygens (including phenoxy) is 2. The van der Waals surface area contributed by atoms with Crippen molar-refractivity contribution in [2.45, 2.75) is 6.54 Å². The number of nitro benzene ring substituents is 1. The molecule has 2 rings (SSSR count). The predicted octanol–water partition coefficient (Wildman–Crippen LogP) is 3.54. The number of halogens is 1. The molecule has 0 aliphatic rings. The van der Waals surface area contributed by atoms with Crippen molar-refractivity contribution in [2.24, 2.45) is 0 Å². The Morgan fingerprint density at radius 2 is 1.84 bits per heavy atom. The molecular formula is C17H17ClN2O5. The van der Waals surface area contributed by atoms with Crippen molar-refractivity contribution in [3.63, 3.8) is 0 Å². The molecule has 0 aliphatic heterocycles. The van der Waals surface area contributed by atoms with Crippen LogP contribution in [0.5, 0.6) is 11.5 Å². The average Bonchev–Trinajstić information content (AvgIpc) is 2.60. The van der Waals surface area contributed by atoms with Gasteiger partial charge in [-0.3, -0.25) is 14.9 Å². The maximum atomic E-state index is 12.5. The van der Waals surface area contributed by atoms with E-state index in [9.17, 15) is 14.9 Å². The predicted molar refractivity (Wildman–Crippen MR) is 93.4 cm³/mol. The van der Waals surface area contributed by atoms with Crippen LogP contribution in [0, 0.1) is 10.1 Å². The Bertz CT molecular complexity index is 810. The molecule has 0 aromatic heterocycles. The highest BCUT2D eigenvalue weighted by Gasteiger charge is 2.18. The van der Waals surface area contributed by atoms with Gasteiger partial charge in [-0.25, -0.2) is 0 Å². The number of carbonyl (C=O) groups is 1. The summed E-state index contributed by atoms with van der Waals surface area (Å²) in [5.41, 5.74) is 0.880. The fourth-order valence-corrected chi connectivity index (χ4v) is 2.58. The third-order valence-electron chi connectivity index (χ3n) is 3.61. The second kappa shape index (κ2) is 7.85. The Labute approximate surface area is 149 Å². The van der Waals surface area contributed by atoms with Crippen molar-refractivity contribution < 1.29 is 19.2 Å². The number of nitro groups is 1. The molecule has 0 N–H and O–H groups in total. The summed E-state index contributed by atoms with van der Waals surface area (Å²) in [7, 11) is 4.70. The summed E-state index contributed by atoms with van der Waals surface area (Å²) in [5, 5.41) is 10.8. The maximum Gasteiger partial charge on any atom is 0.270 e. The van der Waals surface area contributed by atoms with Crippen molar-refractivity contribution in [3.8, 4) is 11.5 Å². The van der Waals surface area contributed by atoms with E-state index in [1.54, 1.807) is 26.3 Å². The Kier molecular flexibility index (Phi) is 5.82. The SMILES string of the molecule is COc1ccc(CN(C)C(=O)c2ccc([N+](=O)[O-])cc2Cl)cc1OC. The van der Waals surface area contributed by atoms with Gasteiger partial charge in [0.2, 0.25) is 0 Å². The average molecular weight is 365 g/mol. The number of methoxy groups -OCH3 is 2. The van der Waals surface area contributed by atoms with Gasteiger partial charge in [-0.2, -0.15) is 0 Å². The van der Waals surface area contributed by atoms with Gasteiger partial charge in [0, 0.05) is 25.7 Å². The summed E-state index contributed by atoms with van der Waals surface area (Å²) in [6.07, 6.45) is 0. The lowest BCUT2D eigenvalue weighted by atomic mass is 10.1. The standard InChI is InChI=1S/C17H17ClN2O5/c1-19(10-11-4-7-15(24-2)16(8-11)25-3)17(21)13-6-5-12(20(22)23)9-14(13)18/h4-9H,10H2,1-3H3. The zero-order valence-corrected chi connectivity index (χ0v) is 14.7. The van der Waals surface area contributed by atoms with Crippen LogP contribution in [-0.2, 0) is 6.54 Å². The molecule has 0 radical (unpaired) electrons. The van der Waals surface area contributed by atoms with Gasteiger partial charge in [0.05, 0.1) is 29.7 Å². The Morgan fingerprint density at radius 1 is 1.16 bits per heavy atom. The largest absolute Gasteiger partial charge is 0.493 e. The molecule has 25 heavy (non-hydrogen) atoms.